The Hall–Kier alpha value is -1.55. The van der Waals surface area contributed by atoms with Gasteiger partial charge < -0.3 is 14.8 Å². The van der Waals surface area contributed by atoms with Gasteiger partial charge in [0.15, 0.2) is 0 Å². The van der Waals surface area contributed by atoms with Crippen molar-refractivity contribution in [2.24, 2.45) is 5.92 Å². The molecule has 1 saturated heterocycles. The lowest BCUT2D eigenvalue weighted by Crippen LogP contribution is -2.37. The quantitative estimate of drug-likeness (QED) is 0.903. The molecule has 1 aliphatic carbocycles. The van der Waals surface area contributed by atoms with Gasteiger partial charge in [-0.15, -0.1) is 0 Å². The molecule has 0 bridgehead atoms. The van der Waals surface area contributed by atoms with E-state index in [1.165, 1.54) is 12.8 Å². The molecule has 1 N–H and O–H groups in total. The van der Waals surface area contributed by atoms with E-state index in [-0.39, 0.29) is 12.0 Å². The second kappa shape index (κ2) is 7.82. The lowest BCUT2D eigenvalue weighted by molar-refractivity contribution is 0.0679. The summed E-state index contributed by atoms with van der Waals surface area (Å²) in [6, 6.07) is 7.74. The summed E-state index contributed by atoms with van der Waals surface area (Å²) in [6.45, 7) is 3.71. The molecule has 1 unspecified atom stereocenters. The van der Waals surface area contributed by atoms with Crippen molar-refractivity contribution in [2.45, 2.75) is 57.6 Å². The Labute approximate surface area is 138 Å². The Morgan fingerprint density at radius 2 is 1.91 bits per heavy atom. The third-order valence-electron chi connectivity index (χ3n) is 4.93. The molecule has 23 heavy (non-hydrogen) atoms. The fourth-order valence-electron chi connectivity index (χ4n) is 3.34. The van der Waals surface area contributed by atoms with Crippen molar-refractivity contribution in [3.05, 3.63) is 29.8 Å². The van der Waals surface area contributed by atoms with E-state index in [4.69, 9.17) is 9.47 Å². The normalized spacial score (nSPS) is 27.6. The molecule has 126 valence electrons. The Bertz CT molecular complexity index is 500. The Morgan fingerprint density at radius 1 is 1.17 bits per heavy atom. The van der Waals surface area contributed by atoms with Crippen molar-refractivity contribution in [1.82, 2.24) is 5.32 Å². The number of amides is 1. The number of nitrogens with one attached hydrogen (secondary N) is 1. The number of carbonyl (C=O) groups excluding carboxylic acids is 1. The van der Waals surface area contributed by atoms with Crippen LogP contribution in [-0.4, -0.2) is 31.3 Å². The van der Waals surface area contributed by atoms with Crippen LogP contribution in [0.3, 0.4) is 0 Å². The molecule has 0 radical (unpaired) electrons. The molecule has 4 nitrogen and oxygen atoms in total. The van der Waals surface area contributed by atoms with E-state index < -0.39 is 0 Å². The van der Waals surface area contributed by atoms with Gasteiger partial charge in [-0.2, -0.15) is 0 Å². The minimum absolute atomic E-state index is 0.0234. The van der Waals surface area contributed by atoms with Gasteiger partial charge in [-0.05, 0) is 68.7 Å². The van der Waals surface area contributed by atoms with Gasteiger partial charge in [-0.3, -0.25) is 4.79 Å². The summed E-state index contributed by atoms with van der Waals surface area (Å²) in [5.74, 6) is 1.61. The highest BCUT2D eigenvalue weighted by atomic mass is 16.5. The minimum Gasteiger partial charge on any atom is -0.491 e. The predicted octanol–water partition coefficient (Wildman–Crippen LogP) is 3.55. The topological polar surface area (TPSA) is 47.6 Å². The first-order chi connectivity index (χ1) is 11.2. The van der Waals surface area contributed by atoms with Gasteiger partial charge in [0.05, 0.1) is 6.10 Å². The van der Waals surface area contributed by atoms with Crippen molar-refractivity contribution in [3.8, 4) is 5.75 Å². The molecule has 1 aromatic carbocycles. The average molecular weight is 317 g/mol. The standard InChI is InChI=1S/C19H27NO3/c1-14-4-8-16(9-5-14)20-19(21)15-6-10-17(11-7-15)23-13-18-3-2-12-22-18/h6-7,10-11,14,16,18H,2-5,8-9,12-13H2,1H3,(H,20,21). The summed E-state index contributed by atoms with van der Waals surface area (Å²) >= 11 is 0. The van der Waals surface area contributed by atoms with Crippen LogP contribution < -0.4 is 10.1 Å². The molecule has 2 fully saturated rings. The van der Waals surface area contributed by atoms with Gasteiger partial charge in [0.2, 0.25) is 0 Å². The summed E-state index contributed by atoms with van der Waals surface area (Å²) in [4.78, 5) is 12.3. The van der Waals surface area contributed by atoms with Crippen LogP contribution in [0.2, 0.25) is 0 Å². The first-order valence-corrected chi connectivity index (χ1v) is 8.86. The molecule has 1 aliphatic heterocycles. The van der Waals surface area contributed by atoms with E-state index in [0.29, 0.717) is 18.2 Å². The van der Waals surface area contributed by atoms with Crippen molar-refractivity contribution in [1.29, 1.82) is 0 Å². The van der Waals surface area contributed by atoms with Crippen molar-refractivity contribution >= 4 is 5.91 Å². The van der Waals surface area contributed by atoms with Crippen LogP contribution >= 0.6 is 0 Å². The van der Waals surface area contributed by atoms with E-state index >= 15 is 0 Å². The van der Waals surface area contributed by atoms with Gasteiger partial charge in [0, 0.05) is 18.2 Å². The van der Waals surface area contributed by atoms with Gasteiger partial charge in [-0.1, -0.05) is 6.92 Å². The molecule has 1 heterocycles. The summed E-state index contributed by atoms with van der Waals surface area (Å²) in [6.07, 6.45) is 7.01. The van der Waals surface area contributed by atoms with Crippen LogP contribution in [0, 0.1) is 5.92 Å². The van der Waals surface area contributed by atoms with E-state index in [9.17, 15) is 4.79 Å². The van der Waals surface area contributed by atoms with E-state index in [1.807, 2.05) is 24.3 Å². The third-order valence-corrected chi connectivity index (χ3v) is 4.93. The maximum atomic E-state index is 12.3. The monoisotopic (exact) mass is 317 g/mol. The number of ether oxygens (including phenoxy) is 2. The van der Waals surface area contributed by atoms with Gasteiger partial charge in [0.25, 0.3) is 5.91 Å². The zero-order valence-corrected chi connectivity index (χ0v) is 13.9. The molecule has 4 heteroatoms. The zero-order chi connectivity index (χ0) is 16.1. The largest absolute Gasteiger partial charge is 0.491 e. The molecule has 1 amide bonds. The minimum atomic E-state index is 0.0234. The lowest BCUT2D eigenvalue weighted by atomic mass is 9.87. The fraction of sp³-hybridized carbons (Fsp3) is 0.632. The Balaban J connectivity index is 1.47. The van der Waals surface area contributed by atoms with Crippen LogP contribution in [0.1, 0.15) is 55.8 Å². The van der Waals surface area contributed by atoms with Gasteiger partial charge in [0.1, 0.15) is 12.4 Å². The second-order valence-corrected chi connectivity index (χ2v) is 6.90. The van der Waals surface area contributed by atoms with Gasteiger partial charge in [-0.25, -0.2) is 0 Å². The van der Waals surface area contributed by atoms with Crippen molar-refractivity contribution < 1.29 is 14.3 Å². The summed E-state index contributed by atoms with van der Waals surface area (Å²) in [5.41, 5.74) is 0.702. The molecular weight excluding hydrogens is 290 g/mol. The molecule has 1 aromatic rings. The molecule has 2 aliphatic rings. The van der Waals surface area contributed by atoms with Gasteiger partial charge >= 0.3 is 0 Å². The van der Waals surface area contributed by atoms with Crippen LogP contribution in [0.15, 0.2) is 24.3 Å². The number of rotatable bonds is 5. The van der Waals surface area contributed by atoms with E-state index in [1.54, 1.807) is 0 Å². The number of hydrogen-bond acceptors (Lipinski definition) is 3. The number of benzene rings is 1. The first-order valence-electron chi connectivity index (χ1n) is 8.86. The molecule has 1 atom stereocenters. The average Bonchev–Trinajstić information content (AvgIpc) is 3.09. The highest BCUT2D eigenvalue weighted by molar-refractivity contribution is 5.94. The van der Waals surface area contributed by atoms with Crippen LogP contribution in [0.5, 0.6) is 5.75 Å². The van der Waals surface area contributed by atoms with Crippen LogP contribution in [0.25, 0.3) is 0 Å². The van der Waals surface area contributed by atoms with Crippen LogP contribution in [0.4, 0.5) is 0 Å². The number of carbonyl (C=O) groups is 1. The van der Waals surface area contributed by atoms with E-state index in [2.05, 4.69) is 12.2 Å². The maximum absolute atomic E-state index is 12.3. The SMILES string of the molecule is CC1CCC(NC(=O)c2ccc(OCC3CCCO3)cc2)CC1. The lowest BCUT2D eigenvalue weighted by Gasteiger charge is -2.26. The van der Waals surface area contributed by atoms with Crippen molar-refractivity contribution in [3.63, 3.8) is 0 Å². The Morgan fingerprint density at radius 3 is 2.57 bits per heavy atom. The molecule has 0 spiro atoms. The molecular formula is C19H27NO3. The van der Waals surface area contributed by atoms with E-state index in [0.717, 1.165) is 44.0 Å². The first kappa shape index (κ1) is 16.3. The fourth-order valence-corrected chi connectivity index (χ4v) is 3.34. The zero-order valence-electron chi connectivity index (χ0n) is 13.9. The van der Waals surface area contributed by atoms with Crippen LogP contribution in [-0.2, 0) is 4.74 Å². The highest BCUT2D eigenvalue weighted by Crippen LogP contribution is 2.24. The molecule has 1 saturated carbocycles. The third kappa shape index (κ3) is 4.71. The molecule has 3 rings (SSSR count). The predicted molar refractivity (Wildman–Crippen MR) is 89.8 cm³/mol. The summed E-state index contributed by atoms with van der Waals surface area (Å²) < 4.78 is 11.3. The Kier molecular flexibility index (Phi) is 5.55. The smallest absolute Gasteiger partial charge is 0.251 e. The maximum Gasteiger partial charge on any atom is 0.251 e. The van der Waals surface area contributed by atoms with Crippen molar-refractivity contribution in [2.75, 3.05) is 13.2 Å². The summed E-state index contributed by atoms with van der Waals surface area (Å²) in [7, 11) is 0. The summed E-state index contributed by atoms with van der Waals surface area (Å²) in [5, 5.41) is 3.15. The highest BCUT2D eigenvalue weighted by Gasteiger charge is 2.20. The molecule has 0 aromatic heterocycles. The number of hydrogen-bond donors (Lipinski definition) is 1. The second-order valence-electron chi connectivity index (χ2n) is 6.90.